The molecule has 5 fully saturated rings. The van der Waals surface area contributed by atoms with E-state index < -0.39 is 175 Å². The first-order chi connectivity index (χ1) is 51.4. The molecule has 0 amide bonds. The number of ether oxygens (including phenoxy) is 17. The number of hydrogen-bond acceptors (Lipinski definition) is 27. The molecule has 0 unspecified atom stereocenters. The fourth-order valence-electron chi connectivity index (χ4n) is 12.7. The molecule has 0 bridgehead atoms. The molecule has 2 N–H and O–H groups in total. The molecular weight excluding hydrogens is 1430 g/mol. The molecule has 11 rings (SSSR count). The molecule has 21 atom stereocenters. The van der Waals surface area contributed by atoms with Gasteiger partial charge in [0.05, 0.1) is 67.1 Å². The summed E-state index contributed by atoms with van der Waals surface area (Å²) in [5.74, 6) is -2.37. The molecule has 6 aromatic rings. The minimum Gasteiger partial charge on any atom is -0.467 e. The maximum Gasteiger partial charge on any atom is 0.397 e. The van der Waals surface area contributed by atoms with E-state index in [4.69, 9.17) is 88.9 Å². The van der Waals surface area contributed by atoms with Crippen molar-refractivity contribution in [3.63, 3.8) is 0 Å². The molecule has 0 spiro atoms. The highest BCUT2D eigenvalue weighted by molar-refractivity contribution is 7.81. The van der Waals surface area contributed by atoms with Gasteiger partial charge in [0, 0.05) is 15.4 Å². The second-order valence-corrected chi connectivity index (χ2v) is 26.6. The van der Waals surface area contributed by atoms with Crippen molar-refractivity contribution in [3.8, 4) is 0 Å². The van der Waals surface area contributed by atoms with Crippen molar-refractivity contribution in [3.05, 3.63) is 249 Å². The molecule has 106 heavy (non-hydrogen) atoms. The van der Waals surface area contributed by atoms with Gasteiger partial charge in [-0.25, -0.2) is 18.0 Å². The Hall–Kier alpha value is -8.24. The molecule has 6 aromatic carbocycles. The van der Waals surface area contributed by atoms with Crippen molar-refractivity contribution in [2.24, 2.45) is 10.2 Å². The Morgan fingerprint density at radius 1 is 0.481 bits per heavy atom. The lowest BCUT2D eigenvalue weighted by molar-refractivity contribution is -0.383. The first kappa shape index (κ1) is 78.8. The lowest BCUT2D eigenvalue weighted by Crippen LogP contribution is -2.69. The highest BCUT2D eigenvalue weighted by atomic mass is 32.3. The molecule has 5 saturated heterocycles. The number of methoxy groups -OCH3 is 2. The van der Waals surface area contributed by atoms with Crippen LogP contribution in [-0.2, 0) is 152 Å². The number of nitrogens with zero attached hydrogens (tertiary/aromatic N) is 6. The van der Waals surface area contributed by atoms with Crippen molar-refractivity contribution in [1.82, 2.24) is 0 Å². The number of hydrogen-bond donors (Lipinski definition) is 2. The van der Waals surface area contributed by atoms with Gasteiger partial charge in [0.2, 0.25) is 0 Å². The van der Waals surface area contributed by atoms with Crippen LogP contribution in [0.25, 0.3) is 20.9 Å². The lowest BCUT2D eigenvalue weighted by atomic mass is 9.93. The van der Waals surface area contributed by atoms with E-state index in [2.05, 4.69) is 26.6 Å². The lowest BCUT2D eigenvalue weighted by Gasteiger charge is -2.51. The van der Waals surface area contributed by atoms with Gasteiger partial charge < -0.3 is 80.5 Å². The third-order valence-corrected chi connectivity index (χ3v) is 18.4. The van der Waals surface area contributed by atoms with Crippen LogP contribution < -0.4 is 0 Å². The maximum atomic E-state index is 14.9. The summed E-state index contributed by atoms with van der Waals surface area (Å²) in [6.45, 7) is 1.23. The van der Waals surface area contributed by atoms with E-state index in [1.807, 2.05) is 12.1 Å². The maximum absolute atomic E-state index is 14.9. The van der Waals surface area contributed by atoms with E-state index in [1.165, 1.54) is 6.08 Å². The van der Waals surface area contributed by atoms with Crippen LogP contribution >= 0.6 is 0 Å². The Balaban J connectivity index is 1.02. The van der Waals surface area contributed by atoms with E-state index >= 15 is 0 Å². The quantitative estimate of drug-likeness (QED) is 0.00964. The van der Waals surface area contributed by atoms with Crippen molar-refractivity contribution in [2.45, 2.75) is 162 Å². The number of fused-ring (bicyclic) bond motifs is 1. The zero-order valence-corrected chi connectivity index (χ0v) is 58.6. The fraction of sp³-hybridized carbons (Fsp3) is 0.437. The average Bonchev–Trinajstić information content (AvgIpc) is 0.759. The average molecular weight is 1510 g/mol. The zero-order chi connectivity index (χ0) is 74.6. The summed E-state index contributed by atoms with van der Waals surface area (Å²) in [4.78, 5) is 35.4. The van der Waals surface area contributed by atoms with Crippen molar-refractivity contribution in [2.75, 3.05) is 34.0 Å². The van der Waals surface area contributed by atoms with Gasteiger partial charge in [-0.15, -0.1) is 6.58 Å². The molecule has 35 heteroatoms. The monoisotopic (exact) mass is 1510 g/mol. The molecule has 33 nitrogen and oxygen atoms in total. The van der Waals surface area contributed by atoms with Crippen molar-refractivity contribution >= 4 is 32.7 Å². The number of benzene rings is 6. The highest BCUT2D eigenvalue weighted by Crippen LogP contribution is 2.43. The van der Waals surface area contributed by atoms with Crippen molar-refractivity contribution in [1.29, 1.82) is 0 Å². The van der Waals surface area contributed by atoms with Gasteiger partial charge in [-0.2, -0.15) is 16.8 Å². The fourth-order valence-corrected chi connectivity index (χ4v) is 13.7. The normalized spacial score (nSPS) is 30.3. The van der Waals surface area contributed by atoms with Crippen LogP contribution in [0, 0.1) is 0 Å². The van der Waals surface area contributed by atoms with Gasteiger partial charge in [-0.05, 0) is 38.9 Å². The van der Waals surface area contributed by atoms with Gasteiger partial charge in [0.25, 0.3) is 0 Å². The second-order valence-electron chi connectivity index (χ2n) is 24.5. The summed E-state index contributed by atoms with van der Waals surface area (Å²) in [6.07, 6.45) is -32.6. The van der Waals surface area contributed by atoms with E-state index in [0.717, 1.165) is 14.2 Å². The van der Waals surface area contributed by atoms with E-state index in [0.29, 0.717) is 33.4 Å². The third-order valence-electron chi connectivity index (χ3n) is 17.5. The largest absolute Gasteiger partial charge is 0.467 e. The van der Waals surface area contributed by atoms with E-state index in [9.17, 15) is 46.6 Å². The summed E-state index contributed by atoms with van der Waals surface area (Å²) in [5.41, 5.74) is 24.6. The summed E-state index contributed by atoms with van der Waals surface area (Å²) in [7, 11) is -9.16. The van der Waals surface area contributed by atoms with E-state index in [1.54, 1.807) is 170 Å². The van der Waals surface area contributed by atoms with E-state index in [-0.39, 0.29) is 39.6 Å². The SMILES string of the molecule is C=CCO[C@@H]1O[C@@H](C(=O)OC)[C@@H](O[C@H]2O[C@H](COCc3ccccc3)[C@@H](O[C@@H]3O[C@@H](C(=O)OC)[C@@H](O[C@H]4O[C@@H]5CO[C@@H](c6ccccc6)O[C@H]5[C@H](OCc5ccccc5)[C@H]4N=[N+]=[N-])[C@H](OCc4ccccc4)[C@H]3OS(=O)(=O)O)[C@H](OCc3ccccc3)[C@H]2N=[N+]=[N-])[C@H](OCc2ccccc2)[C@H]1OS(=O)(=O)O. The Bertz CT molecular complexity index is 4110. The molecule has 5 aliphatic rings. The first-order valence-corrected chi connectivity index (χ1v) is 36.1. The predicted molar refractivity (Wildman–Crippen MR) is 364 cm³/mol. The molecule has 0 radical (unpaired) electrons. The summed E-state index contributed by atoms with van der Waals surface area (Å²) < 4.78 is 195. The smallest absolute Gasteiger partial charge is 0.397 e. The van der Waals surface area contributed by atoms with Crippen LogP contribution in [0.5, 0.6) is 0 Å². The van der Waals surface area contributed by atoms with Crippen LogP contribution in [0.1, 0.15) is 39.7 Å². The Labute approximate surface area is 609 Å². The summed E-state index contributed by atoms with van der Waals surface area (Å²) >= 11 is 0. The summed E-state index contributed by atoms with van der Waals surface area (Å²) in [6, 6.07) is 48.7. The van der Waals surface area contributed by atoms with Crippen LogP contribution in [-0.4, -0.2) is 195 Å². The Morgan fingerprint density at radius 3 is 1.32 bits per heavy atom. The topological polar surface area (TPSA) is 416 Å². The van der Waals surface area contributed by atoms with Crippen LogP contribution in [0.2, 0.25) is 0 Å². The van der Waals surface area contributed by atoms with Gasteiger partial charge in [-0.1, -0.05) is 198 Å². The number of carbonyl (C=O) groups excluding carboxylic acids is 2. The van der Waals surface area contributed by atoms with Crippen molar-refractivity contribution < 1.29 is 124 Å². The third kappa shape index (κ3) is 20.9. The zero-order valence-electron chi connectivity index (χ0n) is 57.0. The number of esters is 2. The Morgan fingerprint density at radius 2 is 0.877 bits per heavy atom. The standard InChI is InChI=1S/C71H78N6O27S2/c1-4-35-89-70-63(103-105(80,81)82)57(92-39-46-29-17-8-18-30-46)59(61(101-70)65(78)86-2)99-68-51(74-76-72)55(90-37-44-25-13-6-14-26-44)53(49(95-68)41-88-36-43-23-11-5-12-24-43)98-71-64(104-106(83,84)85)58(93-40-47-31-19-9-20-32-47)60(62(102-71)66(79)87-3)100-69-52(75-77-73)56(91-38-45-27-15-7-16-28-45)54-50(96-69)42-94-67(97-54)48-33-21-10-22-34-48/h4-34,49-64,67-71H,1,35-42H2,2-3H3,(H,80,81,82)(H,83,84,85)/t49-,50-,51-,52-,53-,54-,55-,56-,57+,58+,59+,60+,61-,62-,63-,64-,67-,68-,69-,70-,71-/m1/s1. The minimum absolute atomic E-state index is 0.0688. The molecule has 0 aromatic heterocycles. The number of rotatable bonds is 34. The van der Waals surface area contributed by atoms with Gasteiger partial charge in [0.1, 0.15) is 73.1 Å². The number of carbonyl (C=O) groups is 2. The second kappa shape index (κ2) is 38.0. The number of azide groups is 2. The first-order valence-electron chi connectivity index (χ1n) is 33.3. The molecule has 0 saturated carbocycles. The van der Waals surface area contributed by atoms with Crippen LogP contribution in [0.4, 0.5) is 0 Å². The van der Waals surface area contributed by atoms with Crippen LogP contribution in [0.3, 0.4) is 0 Å². The molecule has 0 aliphatic carbocycles. The Kier molecular flexibility index (Phi) is 28.3. The molecule has 5 heterocycles. The molecular formula is C71H78N6O27S2. The molecule has 5 aliphatic heterocycles. The van der Waals surface area contributed by atoms with Gasteiger partial charge in [0.15, 0.2) is 55.9 Å². The van der Waals surface area contributed by atoms with Gasteiger partial charge >= 0.3 is 32.7 Å². The highest BCUT2D eigenvalue weighted by Gasteiger charge is 2.61. The molecule has 566 valence electrons. The van der Waals surface area contributed by atoms with Crippen LogP contribution in [0.15, 0.2) is 205 Å². The minimum atomic E-state index is -5.72. The summed E-state index contributed by atoms with van der Waals surface area (Å²) in [5, 5.41) is 8.31. The van der Waals surface area contributed by atoms with Gasteiger partial charge in [-0.3, -0.25) is 9.11 Å². The predicted octanol–water partition coefficient (Wildman–Crippen LogP) is 8.00.